The molecular formula is C21H22ClN3O2. The van der Waals surface area contributed by atoms with Gasteiger partial charge in [-0.25, -0.2) is 0 Å². The minimum atomic E-state index is 0.749. The molecule has 1 fully saturated rings. The van der Waals surface area contributed by atoms with Crippen LogP contribution in [0.5, 0.6) is 5.75 Å². The summed E-state index contributed by atoms with van der Waals surface area (Å²) in [7, 11) is 1.66. The predicted octanol–water partition coefficient (Wildman–Crippen LogP) is 4.33. The maximum absolute atomic E-state index is 6.32. The fraction of sp³-hybridized carbons (Fsp3) is 0.286. The van der Waals surface area contributed by atoms with Crippen LogP contribution in [-0.2, 0) is 6.54 Å². The van der Waals surface area contributed by atoms with Gasteiger partial charge in [0.05, 0.1) is 24.4 Å². The Labute approximate surface area is 164 Å². The molecule has 2 aromatic carbocycles. The maximum atomic E-state index is 6.32. The molecular weight excluding hydrogens is 362 g/mol. The highest BCUT2D eigenvalue weighted by molar-refractivity contribution is 6.33. The van der Waals surface area contributed by atoms with Crippen molar-refractivity contribution in [2.24, 2.45) is 0 Å². The van der Waals surface area contributed by atoms with E-state index >= 15 is 0 Å². The number of hydrogen-bond acceptors (Lipinski definition) is 5. The smallest absolute Gasteiger partial charge is 0.151 e. The second kappa shape index (κ2) is 8.03. The summed E-state index contributed by atoms with van der Waals surface area (Å²) in [4.78, 5) is 4.71. The highest BCUT2D eigenvalue weighted by atomic mass is 35.5. The van der Waals surface area contributed by atoms with Crippen molar-refractivity contribution in [3.8, 4) is 17.0 Å². The first kappa shape index (κ1) is 17.9. The van der Waals surface area contributed by atoms with Crippen LogP contribution in [0.2, 0.25) is 5.02 Å². The predicted molar refractivity (Wildman–Crippen MR) is 107 cm³/mol. The third-order valence-corrected chi connectivity index (χ3v) is 5.21. The molecule has 2 heterocycles. The van der Waals surface area contributed by atoms with Crippen LogP contribution in [0.4, 0.5) is 5.69 Å². The lowest BCUT2D eigenvalue weighted by atomic mass is 10.1. The number of piperazine rings is 1. The zero-order chi connectivity index (χ0) is 18.6. The van der Waals surface area contributed by atoms with Gasteiger partial charge in [-0.3, -0.25) is 4.90 Å². The standard InChI is InChI=1S/C21H22ClN3O2/c1-26-21-9-5-2-6-17(21)19-14-16(27-23-19)15-24-10-12-25(13-11-24)20-8-4-3-7-18(20)22/h2-9,14H,10-13,15H2,1H3. The van der Waals surface area contributed by atoms with E-state index in [0.29, 0.717) is 0 Å². The average molecular weight is 384 g/mol. The van der Waals surface area contributed by atoms with Crippen LogP contribution in [0.15, 0.2) is 59.1 Å². The molecule has 0 bridgehead atoms. The molecule has 27 heavy (non-hydrogen) atoms. The van der Waals surface area contributed by atoms with Crippen molar-refractivity contribution in [2.45, 2.75) is 6.54 Å². The molecule has 0 aliphatic carbocycles. The molecule has 140 valence electrons. The topological polar surface area (TPSA) is 41.7 Å². The van der Waals surface area contributed by atoms with Crippen molar-refractivity contribution in [2.75, 3.05) is 38.2 Å². The number of nitrogens with zero attached hydrogens (tertiary/aromatic N) is 3. The molecule has 0 saturated carbocycles. The monoisotopic (exact) mass is 383 g/mol. The zero-order valence-electron chi connectivity index (χ0n) is 15.3. The summed E-state index contributed by atoms with van der Waals surface area (Å²) in [5, 5.41) is 5.03. The number of aromatic nitrogens is 1. The van der Waals surface area contributed by atoms with Gasteiger partial charge >= 0.3 is 0 Å². The largest absolute Gasteiger partial charge is 0.496 e. The highest BCUT2D eigenvalue weighted by Crippen LogP contribution is 2.30. The van der Waals surface area contributed by atoms with Gasteiger partial charge in [-0.05, 0) is 24.3 Å². The quantitative estimate of drug-likeness (QED) is 0.656. The molecule has 3 aromatic rings. The lowest BCUT2D eigenvalue weighted by molar-refractivity contribution is 0.220. The Bertz CT molecular complexity index is 904. The molecule has 0 amide bonds. The van der Waals surface area contributed by atoms with Crippen LogP contribution in [0, 0.1) is 0 Å². The van der Waals surface area contributed by atoms with Gasteiger partial charge in [0.25, 0.3) is 0 Å². The van der Waals surface area contributed by atoms with Crippen molar-refractivity contribution in [1.82, 2.24) is 10.1 Å². The fourth-order valence-electron chi connectivity index (χ4n) is 3.45. The van der Waals surface area contributed by atoms with Gasteiger partial charge < -0.3 is 14.2 Å². The number of hydrogen-bond donors (Lipinski definition) is 0. The fourth-order valence-corrected chi connectivity index (χ4v) is 3.70. The maximum Gasteiger partial charge on any atom is 0.151 e. The summed E-state index contributed by atoms with van der Waals surface area (Å²) in [6.45, 7) is 4.54. The van der Waals surface area contributed by atoms with Crippen LogP contribution in [-0.4, -0.2) is 43.3 Å². The number of halogens is 1. The van der Waals surface area contributed by atoms with E-state index in [4.69, 9.17) is 20.9 Å². The van der Waals surface area contributed by atoms with Crippen LogP contribution in [0.3, 0.4) is 0 Å². The number of methoxy groups -OCH3 is 1. The Balaban J connectivity index is 1.39. The lowest BCUT2D eigenvalue weighted by Gasteiger charge is -2.36. The molecule has 1 aliphatic heterocycles. The van der Waals surface area contributed by atoms with E-state index in [0.717, 1.165) is 66.2 Å². The van der Waals surface area contributed by atoms with Crippen LogP contribution < -0.4 is 9.64 Å². The number of ether oxygens (including phenoxy) is 1. The Kier molecular flexibility index (Phi) is 5.32. The second-order valence-corrected chi connectivity index (χ2v) is 7.00. The van der Waals surface area contributed by atoms with Gasteiger partial charge in [0, 0.05) is 37.8 Å². The van der Waals surface area contributed by atoms with E-state index in [2.05, 4.69) is 21.0 Å². The molecule has 4 rings (SSSR count). The molecule has 0 radical (unpaired) electrons. The van der Waals surface area contributed by atoms with Crippen molar-refractivity contribution in [3.63, 3.8) is 0 Å². The Morgan fingerprint density at radius 3 is 2.56 bits per heavy atom. The Hall–Kier alpha value is -2.50. The zero-order valence-corrected chi connectivity index (χ0v) is 16.0. The molecule has 0 spiro atoms. The normalized spacial score (nSPS) is 15.1. The van der Waals surface area contributed by atoms with Gasteiger partial charge in [-0.2, -0.15) is 0 Å². The second-order valence-electron chi connectivity index (χ2n) is 6.59. The van der Waals surface area contributed by atoms with E-state index in [-0.39, 0.29) is 0 Å². The van der Waals surface area contributed by atoms with Crippen molar-refractivity contribution < 1.29 is 9.26 Å². The van der Waals surface area contributed by atoms with E-state index in [9.17, 15) is 0 Å². The summed E-state index contributed by atoms with van der Waals surface area (Å²) in [5.74, 6) is 1.66. The molecule has 6 heteroatoms. The molecule has 5 nitrogen and oxygen atoms in total. The third-order valence-electron chi connectivity index (χ3n) is 4.89. The van der Waals surface area contributed by atoms with E-state index < -0.39 is 0 Å². The molecule has 0 N–H and O–H groups in total. The van der Waals surface area contributed by atoms with Crippen molar-refractivity contribution in [3.05, 3.63) is 65.4 Å². The number of para-hydroxylation sites is 2. The van der Waals surface area contributed by atoms with Gasteiger partial charge in [-0.1, -0.05) is 41.0 Å². The molecule has 1 aromatic heterocycles. The lowest BCUT2D eigenvalue weighted by Crippen LogP contribution is -2.46. The van der Waals surface area contributed by atoms with E-state index in [1.54, 1.807) is 7.11 Å². The van der Waals surface area contributed by atoms with Crippen LogP contribution in [0.1, 0.15) is 5.76 Å². The van der Waals surface area contributed by atoms with Crippen LogP contribution >= 0.6 is 11.6 Å². The summed E-state index contributed by atoms with van der Waals surface area (Å²) in [6.07, 6.45) is 0. The Morgan fingerprint density at radius 1 is 1.04 bits per heavy atom. The first-order valence-corrected chi connectivity index (χ1v) is 9.43. The minimum absolute atomic E-state index is 0.749. The third kappa shape index (κ3) is 3.94. The highest BCUT2D eigenvalue weighted by Gasteiger charge is 2.20. The van der Waals surface area contributed by atoms with Gasteiger partial charge in [0.2, 0.25) is 0 Å². The van der Waals surface area contributed by atoms with Gasteiger partial charge in [-0.15, -0.1) is 0 Å². The Morgan fingerprint density at radius 2 is 1.78 bits per heavy atom. The summed E-state index contributed by atoms with van der Waals surface area (Å²) in [5.41, 5.74) is 2.85. The van der Waals surface area contributed by atoms with E-state index in [1.807, 2.05) is 48.5 Å². The summed E-state index contributed by atoms with van der Waals surface area (Å²) < 4.78 is 11.0. The van der Waals surface area contributed by atoms with Crippen LogP contribution in [0.25, 0.3) is 11.3 Å². The first-order valence-electron chi connectivity index (χ1n) is 9.05. The van der Waals surface area contributed by atoms with E-state index in [1.165, 1.54) is 0 Å². The minimum Gasteiger partial charge on any atom is -0.496 e. The number of anilines is 1. The first-order chi connectivity index (χ1) is 13.2. The number of benzene rings is 2. The molecule has 0 atom stereocenters. The van der Waals surface area contributed by atoms with Gasteiger partial charge in [0.1, 0.15) is 11.4 Å². The van der Waals surface area contributed by atoms with Crippen molar-refractivity contribution >= 4 is 17.3 Å². The average Bonchev–Trinajstić information content (AvgIpc) is 3.17. The van der Waals surface area contributed by atoms with Crippen molar-refractivity contribution in [1.29, 1.82) is 0 Å². The summed E-state index contributed by atoms with van der Waals surface area (Å²) in [6, 6.07) is 17.8. The van der Waals surface area contributed by atoms with Gasteiger partial charge in [0.15, 0.2) is 5.76 Å². The number of rotatable bonds is 5. The SMILES string of the molecule is COc1ccccc1-c1cc(CN2CCN(c3ccccc3Cl)CC2)on1. The molecule has 1 saturated heterocycles. The molecule has 0 unspecified atom stereocenters. The summed E-state index contributed by atoms with van der Waals surface area (Å²) >= 11 is 6.32. The molecule has 1 aliphatic rings.